The van der Waals surface area contributed by atoms with Crippen LogP contribution in [0.2, 0.25) is 0 Å². The summed E-state index contributed by atoms with van der Waals surface area (Å²) in [5.74, 6) is 1.01. The summed E-state index contributed by atoms with van der Waals surface area (Å²) in [6, 6.07) is 20.7. The zero-order valence-electron chi connectivity index (χ0n) is 13.0. The summed E-state index contributed by atoms with van der Waals surface area (Å²) >= 11 is 0. The van der Waals surface area contributed by atoms with E-state index in [2.05, 4.69) is 76.7 Å². The van der Waals surface area contributed by atoms with E-state index in [0.29, 0.717) is 0 Å². The van der Waals surface area contributed by atoms with E-state index in [0.717, 1.165) is 36.6 Å². The minimum absolute atomic E-state index is 0.740. The molecule has 2 aliphatic rings. The highest BCUT2D eigenvalue weighted by atomic mass is 15.6. The molecule has 1 aliphatic heterocycles. The van der Waals surface area contributed by atoms with E-state index in [9.17, 15) is 0 Å². The van der Waals surface area contributed by atoms with Gasteiger partial charge in [-0.05, 0) is 31.1 Å². The number of para-hydroxylation sites is 1. The average molecular weight is 301 g/mol. The zero-order chi connectivity index (χ0) is 15.5. The molecule has 0 atom stereocenters. The summed E-state index contributed by atoms with van der Waals surface area (Å²) in [7, 11) is 0. The van der Waals surface area contributed by atoms with Crippen molar-refractivity contribution in [2.75, 3.05) is 11.7 Å². The van der Waals surface area contributed by atoms with Crippen LogP contribution in [0.25, 0.3) is 0 Å². The van der Waals surface area contributed by atoms with Crippen LogP contribution in [0.3, 0.4) is 0 Å². The van der Waals surface area contributed by atoms with Crippen molar-refractivity contribution in [3.05, 3.63) is 90.2 Å². The summed E-state index contributed by atoms with van der Waals surface area (Å²) in [6.07, 6.45) is 8.96. The molecule has 23 heavy (non-hydrogen) atoms. The monoisotopic (exact) mass is 301 g/mol. The number of amidine groups is 1. The van der Waals surface area contributed by atoms with Gasteiger partial charge in [0.1, 0.15) is 6.67 Å². The number of nitrogens with zero attached hydrogens (tertiary/aromatic N) is 3. The quantitative estimate of drug-likeness (QED) is 0.838. The third-order valence-electron chi connectivity index (χ3n) is 4.12. The molecule has 0 N–H and O–H groups in total. The fraction of sp³-hybridized carbons (Fsp3) is 0.150. The number of anilines is 1. The summed E-state index contributed by atoms with van der Waals surface area (Å²) < 4.78 is 0. The van der Waals surface area contributed by atoms with Gasteiger partial charge in [0.25, 0.3) is 0 Å². The van der Waals surface area contributed by atoms with Crippen LogP contribution in [0.15, 0.2) is 89.7 Å². The van der Waals surface area contributed by atoms with Gasteiger partial charge < -0.3 is 4.90 Å². The van der Waals surface area contributed by atoms with E-state index < -0.39 is 0 Å². The number of benzene rings is 2. The fourth-order valence-corrected chi connectivity index (χ4v) is 2.94. The number of rotatable bonds is 3. The molecule has 2 aromatic carbocycles. The Bertz CT molecular complexity index is 760. The molecule has 0 fully saturated rings. The van der Waals surface area contributed by atoms with Gasteiger partial charge >= 0.3 is 0 Å². The lowest BCUT2D eigenvalue weighted by Crippen LogP contribution is -2.30. The Hall–Kier alpha value is -2.81. The van der Waals surface area contributed by atoms with Gasteiger partial charge in [-0.1, -0.05) is 60.7 Å². The Morgan fingerprint density at radius 1 is 0.826 bits per heavy atom. The van der Waals surface area contributed by atoms with Crippen LogP contribution in [0.1, 0.15) is 18.4 Å². The van der Waals surface area contributed by atoms with Crippen molar-refractivity contribution in [2.24, 2.45) is 5.10 Å². The van der Waals surface area contributed by atoms with Gasteiger partial charge in [-0.3, -0.25) is 0 Å². The molecule has 3 heteroatoms. The predicted octanol–water partition coefficient (Wildman–Crippen LogP) is 4.36. The number of hydrazone groups is 1. The Morgan fingerprint density at radius 2 is 1.57 bits per heavy atom. The first-order valence-electron chi connectivity index (χ1n) is 8.03. The van der Waals surface area contributed by atoms with Crippen LogP contribution < -0.4 is 5.01 Å². The number of hydrogen-bond donors (Lipinski definition) is 0. The molecule has 114 valence electrons. The highest BCUT2D eigenvalue weighted by Crippen LogP contribution is 2.26. The first kappa shape index (κ1) is 13.8. The van der Waals surface area contributed by atoms with Crippen molar-refractivity contribution in [2.45, 2.75) is 12.8 Å². The van der Waals surface area contributed by atoms with Crippen LogP contribution in [0, 0.1) is 0 Å². The van der Waals surface area contributed by atoms with Crippen molar-refractivity contribution in [3.8, 4) is 0 Å². The lowest BCUT2D eigenvalue weighted by atomic mass is 10.1. The summed E-state index contributed by atoms with van der Waals surface area (Å²) in [4.78, 5) is 2.29. The summed E-state index contributed by atoms with van der Waals surface area (Å²) in [6.45, 7) is 0.740. The molecule has 3 nitrogen and oxygen atoms in total. The van der Waals surface area contributed by atoms with Crippen molar-refractivity contribution in [1.29, 1.82) is 0 Å². The maximum Gasteiger partial charge on any atom is 0.162 e. The number of hydrogen-bond acceptors (Lipinski definition) is 3. The molecular formula is C20H19N3. The third-order valence-corrected chi connectivity index (χ3v) is 4.12. The zero-order valence-corrected chi connectivity index (χ0v) is 13.0. The van der Waals surface area contributed by atoms with E-state index in [1.54, 1.807) is 0 Å². The van der Waals surface area contributed by atoms with Gasteiger partial charge in [0.2, 0.25) is 0 Å². The third kappa shape index (κ3) is 2.78. The lowest BCUT2D eigenvalue weighted by molar-refractivity contribution is 0.554. The number of allylic oxidation sites excluding steroid dienone is 3. The van der Waals surface area contributed by atoms with Gasteiger partial charge in [-0.15, -0.1) is 0 Å². The van der Waals surface area contributed by atoms with Crippen LogP contribution >= 0.6 is 0 Å². The predicted molar refractivity (Wildman–Crippen MR) is 95.1 cm³/mol. The Morgan fingerprint density at radius 3 is 2.26 bits per heavy atom. The van der Waals surface area contributed by atoms with Gasteiger partial charge in [0, 0.05) is 11.3 Å². The fourth-order valence-electron chi connectivity index (χ4n) is 2.94. The van der Waals surface area contributed by atoms with E-state index in [1.807, 2.05) is 12.1 Å². The molecule has 0 saturated carbocycles. The smallest absolute Gasteiger partial charge is 0.162 e. The van der Waals surface area contributed by atoms with Crippen LogP contribution in [-0.4, -0.2) is 17.4 Å². The molecule has 0 saturated heterocycles. The molecule has 0 bridgehead atoms. The second-order valence-corrected chi connectivity index (χ2v) is 5.70. The average Bonchev–Trinajstić information content (AvgIpc) is 3.09. The normalized spacial score (nSPS) is 17.2. The Balaban J connectivity index is 1.73. The van der Waals surface area contributed by atoms with Crippen LogP contribution in [-0.2, 0) is 0 Å². The second kappa shape index (κ2) is 6.13. The molecular weight excluding hydrogens is 282 g/mol. The Labute approximate surface area is 136 Å². The highest BCUT2D eigenvalue weighted by Gasteiger charge is 2.27. The first-order chi connectivity index (χ1) is 11.4. The van der Waals surface area contributed by atoms with E-state index in [-0.39, 0.29) is 0 Å². The second-order valence-electron chi connectivity index (χ2n) is 5.70. The van der Waals surface area contributed by atoms with E-state index >= 15 is 0 Å². The first-order valence-corrected chi connectivity index (χ1v) is 8.03. The molecule has 2 aromatic rings. The van der Waals surface area contributed by atoms with Gasteiger partial charge in [0.15, 0.2) is 5.84 Å². The minimum Gasteiger partial charge on any atom is -0.305 e. The van der Waals surface area contributed by atoms with Crippen molar-refractivity contribution in [3.63, 3.8) is 0 Å². The molecule has 0 amide bonds. The SMILES string of the molecule is C1=CC(N2CN(c3ccccc3)N=C2c2ccccc2)=CCC1. The lowest BCUT2D eigenvalue weighted by Gasteiger charge is -2.24. The van der Waals surface area contributed by atoms with Crippen LogP contribution in [0.4, 0.5) is 5.69 Å². The maximum absolute atomic E-state index is 4.89. The molecule has 0 spiro atoms. The highest BCUT2D eigenvalue weighted by molar-refractivity contribution is 6.02. The largest absolute Gasteiger partial charge is 0.305 e. The standard InChI is InChI=1S/C20H19N3/c1-4-10-17(11-5-1)20-21-23(19-14-8-3-9-15-19)16-22(20)18-12-6-2-7-13-18/h1,3-6,8-15H,2,7,16H2. The van der Waals surface area contributed by atoms with E-state index in [4.69, 9.17) is 5.10 Å². The van der Waals surface area contributed by atoms with Crippen molar-refractivity contribution in [1.82, 2.24) is 4.90 Å². The Kier molecular flexibility index (Phi) is 3.68. The minimum atomic E-state index is 0.740. The van der Waals surface area contributed by atoms with Gasteiger partial charge in [0.05, 0.1) is 5.69 Å². The molecule has 4 rings (SSSR count). The topological polar surface area (TPSA) is 18.8 Å². The molecule has 1 aliphatic carbocycles. The van der Waals surface area contributed by atoms with Crippen molar-refractivity contribution >= 4 is 11.5 Å². The molecule has 1 heterocycles. The molecule has 0 aromatic heterocycles. The van der Waals surface area contributed by atoms with Gasteiger partial charge in [-0.25, -0.2) is 5.01 Å². The van der Waals surface area contributed by atoms with Crippen LogP contribution in [0.5, 0.6) is 0 Å². The summed E-state index contributed by atoms with van der Waals surface area (Å²) in [5, 5.41) is 6.95. The molecule has 0 unspecified atom stereocenters. The van der Waals surface area contributed by atoms with Crippen molar-refractivity contribution < 1.29 is 0 Å². The summed E-state index contributed by atoms with van der Waals surface area (Å²) in [5.41, 5.74) is 3.49. The maximum atomic E-state index is 4.89. The van der Waals surface area contributed by atoms with E-state index in [1.165, 1.54) is 5.70 Å². The molecule has 0 radical (unpaired) electrons. The van der Waals surface area contributed by atoms with Gasteiger partial charge in [-0.2, -0.15) is 5.10 Å².